The number of amides is 1. The van der Waals surface area contributed by atoms with E-state index in [1.54, 1.807) is 17.6 Å². The zero-order chi connectivity index (χ0) is 13.2. The molecule has 19 heavy (non-hydrogen) atoms. The quantitative estimate of drug-likeness (QED) is 0.544. The van der Waals surface area contributed by atoms with Crippen LogP contribution in [0, 0.1) is 0 Å². The Morgan fingerprint density at radius 2 is 1.68 bits per heavy atom. The van der Waals surface area contributed by atoms with E-state index in [4.69, 9.17) is 9.62 Å². The molecule has 0 aliphatic heterocycles. The van der Waals surface area contributed by atoms with Crippen LogP contribution < -0.4 is 5.48 Å². The van der Waals surface area contributed by atoms with Crippen LogP contribution in [0.25, 0.3) is 22.3 Å². The van der Waals surface area contributed by atoms with Crippen molar-refractivity contribution in [3.8, 4) is 11.3 Å². The Kier molecular flexibility index (Phi) is 2.78. The van der Waals surface area contributed by atoms with Gasteiger partial charge in [-0.05, 0) is 6.07 Å². The van der Waals surface area contributed by atoms with E-state index in [1.165, 1.54) is 0 Å². The van der Waals surface area contributed by atoms with Crippen LogP contribution in [0.3, 0.4) is 0 Å². The highest BCUT2D eigenvalue weighted by molar-refractivity contribution is 6.10. The minimum atomic E-state index is -0.580. The van der Waals surface area contributed by atoms with Crippen LogP contribution in [-0.4, -0.2) is 11.1 Å². The summed E-state index contributed by atoms with van der Waals surface area (Å²) in [7, 11) is 0. The molecular weight excluding hydrogens is 242 g/mol. The SMILES string of the molecule is O=C(NO)c1c(-c2ccccc2)oc2ccccc12. The summed E-state index contributed by atoms with van der Waals surface area (Å²) in [6.07, 6.45) is 0. The fraction of sp³-hybridized carbons (Fsp3) is 0. The second-order valence-electron chi connectivity index (χ2n) is 4.11. The smallest absolute Gasteiger partial charge is 0.279 e. The van der Waals surface area contributed by atoms with Crippen molar-refractivity contribution in [2.45, 2.75) is 0 Å². The summed E-state index contributed by atoms with van der Waals surface area (Å²) in [4.78, 5) is 11.9. The number of hydroxylamine groups is 1. The summed E-state index contributed by atoms with van der Waals surface area (Å²) in [6.45, 7) is 0. The molecule has 1 aromatic heterocycles. The molecule has 4 heteroatoms. The maximum absolute atomic E-state index is 11.9. The number of nitrogens with one attached hydrogen (secondary N) is 1. The third kappa shape index (κ3) is 1.88. The monoisotopic (exact) mass is 253 g/mol. The topological polar surface area (TPSA) is 62.5 Å². The minimum Gasteiger partial charge on any atom is -0.455 e. The lowest BCUT2D eigenvalue weighted by molar-refractivity contribution is 0.0708. The van der Waals surface area contributed by atoms with E-state index < -0.39 is 5.91 Å². The zero-order valence-corrected chi connectivity index (χ0v) is 9.96. The van der Waals surface area contributed by atoms with E-state index in [0.717, 1.165) is 5.56 Å². The van der Waals surface area contributed by atoms with Crippen molar-refractivity contribution in [1.82, 2.24) is 5.48 Å². The first-order valence-corrected chi connectivity index (χ1v) is 5.82. The molecule has 0 spiro atoms. The fourth-order valence-corrected chi connectivity index (χ4v) is 2.12. The number of carbonyl (C=O) groups is 1. The van der Waals surface area contributed by atoms with Gasteiger partial charge in [-0.25, -0.2) is 5.48 Å². The fourth-order valence-electron chi connectivity index (χ4n) is 2.12. The van der Waals surface area contributed by atoms with Crippen LogP contribution in [0.4, 0.5) is 0 Å². The lowest BCUT2D eigenvalue weighted by Crippen LogP contribution is -2.18. The van der Waals surface area contributed by atoms with E-state index >= 15 is 0 Å². The Hall–Kier alpha value is -2.59. The van der Waals surface area contributed by atoms with Gasteiger partial charge in [0.2, 0.25) is 0 Å². The largest absolute Gasteiger partial charge is 0.455 e. The molecule has 2 aromatic carbocycles. The molecule has 0 saturated heterocycles. The molecular formula is C15H11NO3. The second kappa shape index (κ2) is 4.59. The van der Waals surface area contributed by atoms with E-state index in [9.17, 15) is 4.79 Å². The van der Waals surface area contributed by atoms with Crippen LogP contribution in [0.1, 0.15) is 10.4 Å². The van der Waals surface area contributed by atoms with Gasteiger partial charge in [0.05, 0.1) is 5.56 Å². The molecule has 3 rings (SSSR count). The lowest BCUT2D eigenvalue weighted by Gasteiger charge is -2.01. The summed E-state index contributed by atoms with van der Waals surface area (Å²) in [5, 5.41) is 9.57. The van der Waals surface area contributed by atoms with Gasteiger partial charge in [0.1, 0.15) is 11.3 Å². The molecule has 0 bridgehead atoms. The van der Waals surface area contributed by atoms with E-state index in [2.05, 4.69) is 0 Å². The van der Waals surface area contributed by atoms with Crippen molar-refractivity contribution in [3.05, 3.63) is 60.2 Å². The molecule has 3 aromatic rings. The van der Waals surface area contributed by atoms with Crippen LogP contribution in [0.2, 0.25) is 0 Å². The first kappa shape index (κ1) is 11.5. The first-order valence-electron chi connectivity index (χ1n) is 5.82. The van der Waals surface area contributed by atoms with E-state index in [-0.39, 0.29) is 0 Å². The molecule has 0 aliphatic carbocycles. The van der Waals surface area contributed by atoms with Gasteiger partial charge in [0.15, 0.2) is 0 Å². The van der Waals surface area contributed by atoms with Gasteiger partial charge in [-0.2, -0.15) is 0 Å². The van der Waals surface area contributed by atoms with E-state index in [1.807, 2.05) is 42.5 Å². The molecule has 0 fully saturated rings. The van der Waals surface area contributed by atoms with Crippen LogP contribution in [0.5, 0.6) is 0 Å². The highest BCUT2D eigenvalue weighted by Crippen LogP contribution is 2.33. The summed E-state index contributed by atoms with van der Waals surface area (Å²) in [5.74, 6) is -0.128. The molecule has 0 unspecified atom stereocenters. The number of carbonyl (C=O) groups excluding carboxylic acids is 1. The standard InChI is InChI=1S/C15H11NO3/c17-15(16-18)13-11-8-4-5-9-12(11)19-14(13)10-6-2-1-3-7-10/h1-9,18H,(H,16,17). The average molecular weight is 253 g/mol. The van der Waals surface area contributed by atoms with Crippen LogP contribution in [-0.2, 0) is 0 Å². The van der Waals surface area contributed by atoms with E-state index in [0.29, 0.717) is 22.3 Å². The highest BCUT2D eigenvalue weighted by atomic mass is 16.5. The Bertz CT molecular complexity index is 731. The molecule has 0 saturated carbocycles. The Morgan fingerprint density at radius 1 is 1.00 bits per heavy atom. The maximum atomic E-state index is 11.9. The van der Waals surface area contributed by atoms with Crippen molar-refractivity contribution >= 4 is 16.9 Å². The molecule has 4 nitrogen and oxygen atoms in total. The van der Waals surface area contributed by atoms with Crippen molar-refractivity contribution < 1.29 is 14.4 Å². The van der Waals surface area contributed by atoms with Gasteiger partial charge in [0.25, 0.3) is 5.91 Å². The van der Waals surface area contributed by atoms with Crippen molar-refractivity contribution in [1.29, 1.82) is 0 Å². The molecule has 94 valence electrons. The third-order valence-corrected chi connectivity index (χ3v) is 2.96. The summed E-state index contributed by atoms with van der Waals surface area (Å²) in [5.41, 5.74) is 3.41. The Balaban J connectivity index is 2.32. The number of hydrogen-bond donors (Lipinski definition) is 2. The Labute approximate surface area is 109 Å². The predicted octanol–water partition coefficient (Wildman–Crippen LogP) is 3.22. The molecule has 2 N–H and O–H groups in total. The van der Waals surface area contributed by atoms with Crippen molar-refractivity contribution in [3.63, 3.8) is 0 Å². The van der Waals surface area contributed by atoms with Gasteiger partial charge in [0, 0.05) is 10.9 Å². The van der Waals surface area contributed by atoms with Gasteiger partial charge in [-0.3, -0.25) is 10.0 Å². The normalized spacial score (nSPS) is 10.6. The number of fused-ring (bicyclic) bond motifs is 1. The third-order valence-electron chi connectivity index (χ3n) is 2.96. The first-order chi connectivity index (χ1) is 9.31. The van der Waals surface area contributed by atoms with Gasteiger partial charge in [-0.15, -0.1) is 0 Å². The average Bonchev–Trinajstić information content (AvgIpc) is 2.87. The summed E-state index contributed by atoms with van der Waals surface area (Å²) >= 11 is 0. The minimum absolute atomic E-state index is 0.337. The van der Waals surface area contributed by atoms with Gasteiger partial charge in [-0.1, -0.05) is 48.5 Å². The highest BCUT2D eigenvalue weighted by Gasteiger charge is 2.21. The maximum Gasteiger partial charge on any atom is 0.279 e. The van der Waals surface area contributed by atoms with Crippen LogP contribution in [0.15, 0.2) is 59.0 Å². The predicted molar refractivity (Wildman–Crippen MR) is 70.9 cm³/mol. The van der Waals surface area contributed by atoms with Crippen LogP contribution >= 0.6 is 0 Å². The van der Waals surface area contributed by atoms with Gasteiger partial charge >= 0.3 is 0 Å². The lowest BCUT2D eigenvalue weighted by atomic mass is 10.1. The molecule has 1 heterocycles. The summed E-state index contributed by atoms with van der Waals surface area (Å²) < 4.78 is 5.74. The number of hydrogen-bond acceptors (Lipinski definition) is 3. The number of furan rings is 1. The van der Waals surface area contributed by atoms with Crippen molar-refractivity contribution in [2.75, 3.05) is 0 Å². The molecule has 0 aliphatic rings. The molecule has 0 radical (unpaired) electrons. The number of benzene rings is 2. The molecule has 0 atom stereocenters. The molecule has 1 amide bonds. The Morgan fingerprint density at radius 3 is 2.42 bits per heavy atom. The number of rotatable bonds is 2. The summed E-state index contributed by atoms with van der Waals surface area (Å²) in [6, 6.07) is 16.6. The van der Waals surface area contributed by atoms with Gasteiger partial charge < -0.3 is 4.42 Å². The second-order valence-corrected chi connectivity index (χ2v) is 4.11. The zero-order valence-electron chi connectivity index (χ0n) is 9.96. The number of para-hydroxylation sites is 1. The van der Waals surface area contributed by atoms with Crippen molar-refractivity contribution in [2.24, 2.45) is 0 Å².